The first kappa shape index (κ1) is 9.89. The Morgan fingerprint density at radius 3 is 3.44 bits per heavy atom. The maximum atomic E-state index is 4.30. The first-order valence-electron chi connectivity index (χ1n) is 5.39. The van der Waals surface area contributed by atoms with Crippen LogP contribution in [0.1, 0.15) is 6.42 Å². The molecule has 1 aliphatic heterocycles. The first-order valence-corrected chi connectivity index (χ1v) is 6.55. The van der Waals surface area contributed by atoms with Crippen molar-refractivity contribution >= 4 is 23.2 Å². The van der Waals surface area contributed by atoms with Crippen LogP contribution in [0.25, 0.3) is 5.65 Å². The van der Waals surface area contributed by atoms with E-state index in [9.17, 15) is 0 Å². The third kappa shape index (κ3) is 1.84. The third-order valence-electron chi connectivity index (χ3n) is 2.80. The fraction of sp³-hybridized carbons (Fsp3) is 0.500. The highest BCUT2D eigenvalue weighted by Crippen LogP contribution is 2.23. The van der Waals surface area contributed by atoms with Gasteiger partial charge in [-0.15, -0.1) is 10.2 Å². The Morgan fingerprint density at radius 2 is 2.56 bits per heavy atom. The number of nitrogens with one attached hydrogen (secondary N) is 1. The molecule has 0 amide bonds. The Bertz CT molecular complexity index is 477. The minimum Gasteiger partial charge on any atom is -0.367 e. The normalized spacial score (nSPS) is 20.4. The Morgan fingerprint density at radius 1 is 1.56 bits per heavy atom. The molecular formula is C10H13N5S. The quantitative estimate of drug-likeness (QED) is 0.868. The van der Waals surface area contributed by atoms with Crippen molar-refractivity contribution in [3.63, 3.8) is 0 Å². The predicted molar refractivity (Wildman–Crippen MR) is 64.7 cm³/mol. The zero-order valence-electron chi connectivity index (χ0n) is 8.83. The van der Waals surface area contributed by atoms with Crippen LogP contribution in [0.5, 0.6) is 0 Å². The molecule has 2 aromatic heterocycles. The van der Waals surface area contributed by atoms with Crippen LogP contribution in [-0.2, 0) is 0 Å². The van der Waals surface area contributed by atoms with E-state index in [0.29, 0.717) is 0 Å². The van der Waals surface area contributed by atoms with Crippen molar-refractivity contribution in [2.75, 3.05) is 23.4 Å². The molecule has 2 aromatic rings. The van der Waals surface area contributed by atoms with E-state index in [1.807, 2.05) is 22.4 Å². The molecule has 0 spiro atoms. The van der Waals surface area contributed by atoms with E-state index in [4.69, 9.17) is 0 Å². The summed E-state index contributed by atoms with van der Waals surface area (Å²) < 4.78 is 1.87. The molecular weight excluding hydrogens is 222 g/mol. The average Bonchev–Trinajstić information content (AvgIpc) is 2.97. The number of nitrogens with zero attached hydrogens (tertiary/aromatic N) is 4. The van der Waals surface area contributed by atoms with Gasteiger partial charge in [-0.3, -0.25) is 4.40 Å². The lowest BCUT2D eigenvalue weighted by molar-refractivity contribution is 0.630. The van der Waals surface area contributed by atoms with Gasteiger partial charge in [-0.1, -0.05) is 0 Å². The summed E-state index contributed by atoms with van der Waals surface area (Å²) in [6, 6.07) is 0. The summed E-state index contributed by atoms with van der Waals surface area (Å²) in [5, 5.41) is 11.3. The lowest BCUT2D eigenvalue weighted by atomic mass is 10.1. The van der Waals surface area contributed by atoms with Crippen LogP contribution in [0.4, 0.5) is 5.82 Å². The lowest BCUT2D eigenvalue weighted by Gasteiger charge is -2.10. The van der Waals surface area contributed by atoms with E-state index in [-0.39, 0.29) is 0 Å². The molecule has 3 heterocycles. The van der Waals surface area contributed by atoms with Gasteiger partial charge in [0, 0.05) is 18.9 Å². The van der Waals surface area contributed by atoms with Gasteiger partial charge in [-0.25, -0.2) is 4.98 Å². The summed E-state index contributed by atoms with van der Waals surface area (Å²) in [6.07, 6.45) is 6.61. The van der Waals surface area contributed by atoms with Gasteiger partial charge < -0.3 is 5.32 Å². The molecule has 1 aliphatic rings. The molecule has 1 unspecified atom stereocenters. The summed E-state index contributed by atoms with van der Waals surface area (Å²) in [7, 11) is 0. The van der Waals surface area contributed by atoms with Crippen molar-refractivity contribution in [3.05, 3.63) is 18.7 Å². The van der Waals surface area contributed by atoms with Crippen molar-refractivity contribution < 1.29 is 0 Å². The van der Waals surface area contributed by atoms with E-state index in [1.165, 1.54) is 17.9 Å². The smallest absolute Gasteiger partial charge is 0.203 e. The number of rotatable bonds is 3. The molecule has 1 saturated heterocycles. The van der Waals surface area contributed by atoms with Crippen LogP contribution in [0.2, 0.25) is 0 Å². The number of hydrogen-bond donors (Lipinski definition) is 1. The van der Waals surface area contributed by atoms with Gasteiger partial charge in [0.05, 0.1) is 0 Å². The molecule has 84 valence electrons. The standard InChI is InChI=1S/C10H13N5S/c1-4-16-6-8(1)5-12-9-10-14-13-7-15(10)3-2-11-9/h2-3,7-8H,1,4-6H2,(H,11,12). The molecule has 0 radical (unpaired) electrons. The Hall–Kier alpha value is -1.30. The van der Waals surface area contributed by atoms with E-state index in [0.717, 1.165) is 23.9 Å². The molecule has 6 heteroatoms. The summed E-state index contributed by atoms with van der Waals surface area (Å²) in [5.41, 5.74) is 0.799. The van der Waals surface area contributed by atoms with Crippen molar-refractivity contribution in [1.29, 1.82) is 0 Å². The van der Waals surface area contributed by atoms with Crippen LogP contribution in [-0.4, -0.2) is 37.6 Å². The SMILES string of the molecule is c1cn2cnnc2c(NCC2CCSC2)n1. The highest BCUT2D eigenvalue weighted by Gasteiger charge is 2.15. The van der Waals surface area contributed by atoms with Gasteiger partial charge in [0.1, 0.15) is 6.33 Å². The first-order chi connectivity index (χ1) is 7.93. The van der Waals surface area contributed by atoms with Crippen LogP contribution in [0.3, 0.4) is 0 Å². The fourth-order valence-corrected chi connectivity index (χ4v) is 3.15. The van der Waals surface area contributed by atoms with Gasteiger partial charge in [0.15, 0.2) is 5.82 Å². The Balaban J connectivity index is 1.75. The van der Waals surface area contributed by atoms with E-state index in [1.54, 1.807) is 12.5 Å². The molecule has 5 nitrogen and oxygen atoms in total. The Kier molecular flexibility index (Phi) is 2.65. The van der Waals surface area contributed by atoms with Crippen LogP contribution in [0.15, 0.2) is 18.7 Å². The monoisotopic (exact) mass is 235 g/mol. The number of fused-ring (bicyclic) bond motifs is 1. The average molecular weight is 235 g/mol. The topological polar surface area (TPSA) is 55.1 Å². The van der Waals surface area contributed by atoms with Crippen molar-refractivity contribution in [1.82, 2.24) is 19.6 Å². The zero-order chi connectivity index (χ0) is 10.8. The molecule has 0 saturated carbocycles. The highest BCUT2D eigenvalue weighted by molar-refractivity contribution is 7.99. The number of anilines is 1. The maximum absolute atomic E-state index is 4.30. The van der Waals surface area contributed by atoms with Crippen molar-refractivity contribution in [2.24, 2.45) is 5.92 Å². The maximum Gasteiger partial charge on any atom is 0.203 e. The van der Waals surface area contributed by atoms with Gasteiger partial charge in [-0.2, -0.15) is 11.8 Å². The van der Waals surface area contributed by atoms with Gasteiger partial charge in [0.2, 0.25) is 5.65 Å². The summed E-state index contributed by atoms with van der Waals surface area (Å²) >= 11 is 2.03. The fourth-order valence-electron chi connectivity index (χ4n) is 1.87. The zero-order valence-corrected chi connectivity index (χ0v) is 9.65. The molecule has 1 fully saturated rings. The van der Waals surface area contributed by atoms with Crippen molar-refractivity contribution in [2.45, 2.75) is 6.42 Å². The largest absolute Gasteiger partial charge is 0.367 e. The minimum atomic E-state index is 0.759. The summed E-state index contributed by atoms with van der Waals surface area (Å²) in [4.78, 5) is 4.30. The van der Waals surface area contributed by atoms with Crippen LogP contribution >= 0.6 is 11.8 Å². The number of aromatic nitrogens is 4. The van der Waals surface area contributed by atoms with E-state index in [2.05, 4.69) is 20.5 Å². The van der Waals surface area contributed by atoms with E-state index >= 15 is 0 Å². The molecule has 1 atom stereocenters. The second kappa shape index (κ2) is 4.29. The van der Waals surface area contributed by atoms with Gasteiger partial charge >= 0.3 is 0 Å². The van der Waals surface area contributed by atoms with Gasteiger partial charge in [-0.05, 0) is 23.8 Å². The molecule has 0 aliphatic carbocycles. The van der Waals surface area contributed by atoms with Gasteiger partial charge in [0.25, 0.3) is 0 Å². The predicted octanol–water partition coefficient (Wildman–Crippen LogP) is 1.29. The Labute approximate surface area is 97.7 Å². The van der Waals surface area contributed by atoms with Crippen LogP contribution < -0.4 is 5.32 Å². The van der Waals surface area contributed by atoms with Crippen LogP contribution in [0, 0.1) is 5.92 Å². The molecule has 0 bridgehead atoms. The number of hydrogen-bond acceptors (Lipinski definition) is 5. The molecule has 16 heavy (non-hydrogen) atoms. The van der Waals surface area contributed by atoms with E-state index < -0.39 is 0 Å². The van der Waals surface area contributed by atoms with Crippen molar-refractivity contribution in [3.8, 4) is 0 Å². The third-order valence-corrected chi connectivity index (χ3v) is 4.03. The number of thioether (sulfide) groups is 1. The second-order valence-corrected chi connectivity index (χ2v) is 5.10. The minimum absolute atomic E-state index is 0.759. The molecule has 1 N–H and O–H groups in total. The summed E-state index contributed by atoms with van der Waals surface area (Å²) in [5.74, 6) is 4.13. The lowest BCUT2D eigenvalue weighted by Crippen LogP contribution is -2.14. The summed E-state index contributed by atoms with van der Waals surface area (Å²) in [6.45, 7) is 0.979. The molecule has 3 rings (SSSR count). The second-order valence-electron chi connectivity index (χ2n) is 3.95. The molecule has 0 aromatic carbocycles. The highest BCUT2D eigenvalue weighted by atomic mass is 32.2.